The second kappa shape index (κ2) is 8.01. The number of carbonyl (C=O) groups is 1. The summed E-state index contributed by atoms with van der Waals surface area (Å²) in [6.45, 7) is 3.49. The van der Waals surface area contributed by atoms with Crippen LogP contribution in [0.3, 0.4) is 0 Å². The number of aryl methyl sites for hydroxylation is 1. The summed E-state index contributed by atoms with van der Waals surface area (Å²) in [4.78, 5) is 14.3. The Labute approximate surface area is 147 Å². The van der Waals surface area contributed by atoms with E-state index in [1.165, 1.54) is 12.1 Å². The molecule has 25 heavy (non-hydrogen) atoms. The number of hydrogen-bond acceptors (Lipinski definition) is 3. The molecule has 2 aromatic rings. The summed E-state index contributed by atoms with van der Waals surface area (Å²) in [5.74, 6) is 1.26. The quantitative estimate of drug-likeness (QED) is 0.806. The highest BCUT2D eigenvalue weighted by atomic mass is 19.1. The van der Waals surface area contributed by atoms with Crippen LogP contribution in [0.5, 0.6) is 11.5 Å². The zero-order chi connectivity index (χ0) is 17.6. The van der Waals surface area contributed by atoms with Crippen LogP contribution < -0.4 is 9.47 Å². The molecule has 3 rings (SSSR count). The van der Waals surface area contributed by atoms with Gasteiger partial charge in [0.1, 0.15) is 12.4 Å². The van der Waals surface area contributed by atoms with Crippen LogP contribution in [-0.4, -0.2) is 36.6 Å². The van der Waals surface area contributed by atoms with Gasteiger partial charge >= 0.3 is 0 Å². The molecule has 1 unspecified atom stereocenters. The number of carbonyl (C=O) groups excluding carboxylic acids is 1. The van der Waals surface area contributed by atoms with E-state index in [-0.39, 0.29) is 17.8 Å². The van der Waals surface area contributed by atoms with Crippen LogP contribution in [0.4, 0.5) is 4.39 Å². The number of likely N-dealkylation sites (N-methyl/N-ethyl adjacent to an activating group) is 1. The largest absolute Gasteiger partial charge is 0.486 e. The minimum atomic E-state index is -0.264. The van der Waals surface area contributed by atoms with Crippen molar-refractivity contribution in [1.29, 1.82) is 0 Å². The monoisotopic (exact) mass is 343 g/mol. The molecule has 0 saturated heterocycles. The lowest BCUT2D eigenvalue weighted by Gasteiger charge is -2.31. The number of rotatable bonds is 6. The maximum atomic E-state index is 12.9. The summed E-state index contributed by atoms with van der Waals surface area (Å²) in [6, 6.07) is 13.8. The van der Waals surface area contributed by atoms with Gasteiger partial charge < -0.3 is 14.4 Å². The topological polar surface area (TPSA) is 38.8 Å². The van der Waals surface area contributed by atoms with Gasteiger partial charge in [0.15, 0.2) is 17.6 Å². The molecular formula is C20H22FNO3. The maximum Gasteiger partial charge on any atom is 0.223 e. The number of hydrogen-bond donors (Lipinski definition) is 0. The molecule has 1 amide bonds. The van der Waals surface area contributed by atoms with Crippen LogP contribution in [0.1, 0.15) is 18.9 Å². The van der Waals surface area contributed by atoms with Gasteiger partial charge in [-0.2, -0.15) is 0 Å². The zero-order valence-electron chi connectivity index (χ0n) is 14.3. The minimum absolute atomic E-state index is 0.0642. The standard InChI is InChI=1S/C20H22FNO3/c1-2-22(20(23)12-9-15-7-10-16(21)11-8-15)13-17-14-24-18-5-3-4-6-19(18)25-17/h3-8,10-11,17H,2,9,12-14H2,1H3. The first-order valence-corrected chi connectivity index (χ1v) is 8.56. The van der Waals surface area contributed by atoms with Crippen molar-refractivity contribution in [3.63, 3.8) is 0 Å². The summed E-state index contributed by atoms with van der Waals surface area (Å²) < 4.78 is 24.6. The number of halogens is 1. The van der Waals surface area contributed by atoms with E-state index in [1.807, 2.05) is 31.2 Å². The normalized spacial score (nSPS) is 15.7. The minimum Gasteiger partial charge on any atom is -0.486 e. The second-order valence-electron chi connectivity index (χ2n) is 6.06. The van der Waals surface area contributed by atoms with Gasteiger partial charge in [0.05, 0.1) is 6.54 Å². The Morgan fingerprint density at radius 2 is 1.88 bits per heavy atom. The van der Waals surface area contributed by atoms with Crippen molar-refractivity contribution in [2.45, 2.75) is 25.9 Å². The molecule has 1 aliphatic heterocycles. The van der Waals surface area contributed by atoms with E-state index in [4.69, 9.17) is 9.47 Å². The third kappa shape index (κ3) is 4.50. The third-order valence-electron chi connectivity index (χ3n) is 4.27. The lowest BCUT2D eigenvalue weighted by Crippen LogP contribution is -2.43. The van der Waals surface area contributed by atoms with Crippen LogP contribution >= 0.6 is 0 Å². The van der Waals surface area contributed by atoms with Gasteiger partial charge in [-0.25, -0.2) is 4.39 Å². The van der Waals surface area contributed by atoms with Gasteiger partial charge in [-0.3, -0.25) is 4.79 Å². The molecule has 0 saturated carbocycles. The first kappa shape index (κ1) is 17.3. The number of ether oxygens (including phenoxy) is 2. The van der Waals surface area contributed by atoms with Crippen LogP contribution in [0.25, 0.3) is 0 Å². The molecule has 1 atom stereocenters. The van der Waals surface area contributed by atoms with Gasteiger partial charge in [-0.05, 0) is 43.2 Å². The molecule has 4 nitrogen and oxygen atoms in total. The van der Waals surface area contributed by atoms with E-state index in [0.29, 0.717) is 38.3 Å². The van der Waals surface area contributed by atoms with Crippen molar-refractivity contribution in [3.8, 4) is 11.5 Å². The van der Waals surface area contributed by atoms with Crippen LogP contribution in [0, 0.1) is 5.82 Å². The highest BCUT2D eigenvalue weighted by molar-refractivity contribution is 5.76. The Balaban J connectivity index is 1.53. The molecule has 132 valence electrons. The Kier molecular flexibility index (Phi) is 5.53. The zero-order valence-corrected chi connectivity index (χ0v) is 14.3. The van der Waals surface area contributed by atoms with Gasteiger partial charge in [0, 0.05) is 13.0 Å². The Morgan fingerprint density at radius 3 is 2.60 bits per heavy atom. The van der Waals surface area contributed by atoms with Crippen LogP contribution in [0.2, 0.25) is 0 Å². The van der Waals surface area contributed by atoms with Crippen molar-refractivity contribution < 1.29 is 18.7 Å². The van der Waals surface area contributed by atoms with Gasteiger partial charge in [0.25, 0.3) is 0 Å². The third-order valence-corrected chi connectivity index (χ3v) is 4.27. The van der Waals surface area contributed by atoms with E-state index < -0.39 is 0 Å². The van der Waals surface area contributed by atoms with Gasteiger partial charge in [0.2, 0.25) is 5.91 Å². The summed E-state index contributed by atoms with van der Waals surface area (Å²) in [5.41, 5.74) is 0.956. The van der Waals surface area contributed by atoms with Crippen LogP contribution in [0.15, 0.2) is 48.5 Å². The van der Waals surface area contributed by atoms with Gasteiger partial charge in [-0.1, -0.05) is 24.3 Å². The molecule has 2 aromatic carbocycles. The molecule has 0 aliphatic carbocycles. The Hall–Kier alpha value is -2.56. The average molecular weight is 343 g/mol. The number of nitrogens with zero attached hydrogens (tertiary/aromatic N) is 1. The fourth-order valence-electron chi connectivity index (χ4n) is 2.87. The summed E-state index contributed by atoms with van der Waals surface area (Å²) in [5, 5.41) is 0. The Bertz CT molecular complexity index is 717. The molecule has 5 heteroatoms. The molecule has 0 N–H and O–H groups in total. The highest BCUT2D eigenvalue weighted by Crippen LogP contribution is 2.31. The molecular weight excluding hydrogens is 321 g/mol. The molecule has 0 aromatic heterocycles. The molecule has 0 radical (unpaired) electrons. The van der Waals surface area contributed by atoms with E-state index in [9.17, 15) is 9.18 Å². The van der Waals surface area contributed by atoms with E-state index in [2.05, 4.69) is 0 Å². The van der Waals surface area contributed by atoms with E-state index in [1.54, 1.807) is 17.0 Å². The summed E-state index contributed by atoms with van der Waals surface area (Å²) >= 11 is 0. The number of amides is 1. The smallest absolute Gasteiger partial charge is 0.223 e. The van der Waals surface area contributed by atoms with Crippen molar-refractivity contribution in [1.82, 2.24) is 4.90 Å². The molecule has 0 bridgehead atoms. The fraction of sp³-hybridized carbons (Fsp3) is 0.350. The molecule has 0 fully saturated rings. The lowest BCUT2D eigenvalue weighted by atomic mass is 10.1. The lowest BCUT2D eigenvalue weighted by molar-refractivity contribution is -0.132. The van der Waals surface area contributed by atoms with E-state index >= 15 is 0 Å². The number of para-hydroxylation sites is 2. The Morgan fingerprint density at radius 1 is 1.16 bits per heavy atom. The fourth-order valence-corrected chi connectivity index (χ4v) is 2.87. The molecule has 1 aliphatic rings. The van der Waals surface area contributed by atoms with Crippen molar-refractivity contribution in [2.75, 3.05) is 19.7 Å². The van der Waals surface area contributed by atoms with Crippen molar-refractivity contribution in [3.05, 3.63) is 59.9 Å². The first-order chi connectivity index (χ1) is 12.2. The molecule has 1 heterocycles. The van der Waals surface area contributed by atoms with Crippen molar-refractivity contribution in [2.24, 2.45) is 0 Å². The average Bonchev–Trinajstić information content (AvgIpc) is 2.65. The SMILES string of the molecule is CCN(CC1COc2ccccc2O1)C(=O)CCc1ccc(F)cc1. The molecule has 0 spiro atoms. The summed E-state index contributed by atoms with van der Waals surface area (Å²) in [7, 11) is 0. The van der Waals surface area contributed by atoms with Crippen molar-refractivity contribution >= 4 is 5.91 Å². The van der Waals surface area contributed by atoms with Crippen LogP contribution in [-0.2, 0) is 11.2 Å². The van der Waals surface area contributed by atoms with E-state index in [0.717, 1.165) is 11.3 Å². The number of fused-ring (bicyclic) bond motifs is 1. The predicted molar refractivity (Wildman–Crippen MR) is 93.3 cm³/mol. The second-order valence-corrected chi connectivity index (χ2v) is 6.06. The number of benzene rings is 2. The predicted octanol–water partition coefficient (Wildman–Crippen LogP) is 3.45. The first-order valence-electron chi connectivity index (χ1n) is 8.56. The summed E-state index contributed by atoms with van der Waals surface area (Å²) in [6.07, 6.45) is 0.814. The van der Waals surface area contributed by atoms with Gasteiger partial charge in [-0.15, -0.1) is 0 Å². The maximum absolute atomic E-state index is 12.9. The highest BCUT2D eigenvalue weighted by Gasteiger charge is 2.24.